The van der Waals surface area contributed by atoms with Crippen LogP contribution in [0.2, 0.25) is 0 Å². The lowest BCUT2D eigenvalue weighted by atomic mass is 10.1. The third kappa shape index (κ3) is 4.62. The maximum absolute atomic E-state index is 11.5. The molecular weight excluding hydrogens is 194 g/mol. The number of aliphatic hydroxyl groups excluding tert-OH is 1. The van der Waals surface area contributed by atoms with Crippen LogP contribution in [0.4, 0.5) is 0 Å². The van der Waals surface area contributed by atoms with Crippen molar-refractivity contribution in [1.82, 2.24) is 5.32 Å². The molecule has 2 N–H and O–H groups in total. The standard InChI is InChI=1S/C11H21NO3/c1-9(8-13)4-2-6-12-11(14)10-5-3-7-15-10/h9-10,13H,2-8H2,1H3,(H,12,14)/t9?,10-/m1/s1. The van der Waals surface area contributed by atoms with Crippen LogP contribution in [0.15, 0.2) is 0 Å². The normalized spacial score (nSPS) is 22.7. The number of nitrogens with one attached hydrogen (secondary N) is 1. The minimum Gasteiger partial charge on any atom is -0.396 e. The molecule has 1 amide bonds. The monoisotopic (exact) mass is 215 g/mol. The van der Waals surface area contributed by atoms with E-state index in [4.69, 9.17) is 9.84 Å². The van der Waals surface area contributed by atoms with Gasteiger partial charge in [0.15, 0.2) is 0 Å². The van der Waals surface area contributed by atoms with E-state index in [1.165, 1.54) is 0 Å². The molecule has 0 aromatic carbocycles. The van der Waals surface area contributed by atoms with Crippen molar-refractivity contribution in [3.8, 4) is 0 Å². The van der Waals surface area contributed by atoms with Crippen LogP contribution in [0.3, 0.4) is 0 Å². The van der Waals surface area contributed by atoms with E-state index in [-0.39, 0.29) is 18.6 Å². The molecule has 4 heteroatoms. The Morgan fingerprint density at radius 3 is 3.07 bits per heavy atom. The van der Waals surface area contributed by atoms with E-state index in [1.54, 1.807) is 0 Å². The van der Waals surface area contributed by atoms with Crippen molar-refractivity contribution >= 4 is 5.91 Å². The van der Waals surface area contributed by atoms with Crippen molar-refractivity contribution in [1.29, 1.82) is 0 Å². The van der Waals surface area contributed by atoms with E-state index < -0.39 is 0 Å². The number of hydrogen-bond acceptors (Lipinski definition) is 3. The van der Waals surface area contributed by atoms with Crippen LogP contribution >= 0.6 is 0 Å². The fraction of sp³-hybridized carbons (Fsp3) is 0.909. The van der Waals surface area contributed by atoms with Gasteiger partial charge in [-0.1, -0.05) is 6.92 Å². The summed E-state index contributed by atoms with van der Waals surface area (Å²) < 4.78 is 5.26. The van der Waals surface area contributed by atoms with E-state index in [0.29, 0.717) is 19.1 Å². The average Bonchev–Trinajstić information content (AvgIpc) is 2.77. The van der Waals surface area contributed by atoms with Gasteiger partial charge in [-0.3, -0.25) is 4.79 Å². The topological polar surface area (TPSA) is 58.6 Å². The number of rotatable bonds is 6. The van der Waals surface area contributed by atoms with Crippen LogP contribution in [0, 0.1) is 5.92 Å². The summed E-state index contributed by atoms with van der Waals surface area (Å²) >= 11 is 0. The quantitative estimate of drug-likeness (QED) is 0.641. The van der Waals surface area contributed by atoms with Crippen molar-refractivity contribution in [3.63, 3.8) is 0 Å². The summed E-state index contributed by atoms with van der Waals surface area (Å²) in [6.45, 7) is 3.62. The highest BCUT2D eigenvalue weighted by Gasteiger charge is 2.22. The Labute approximate surface area is 91.0 Å². The lowest BCUT2D eigenvalue weighted by Gasteiger charge is -2.11. The maximum Gasteiger partial charge on any atom is 0.249 e. The van der Waals surface area contributed by atoms with Gasteiger partial charge in [0.1, 0.15) is 6.10 Å². The minimum absolute atomic E-state index is 0.0177. The Morgan fingerprint density at radius 1 is 1.67 bits per heavy atom. The smallest absolute Gasteiger partial charge is 0.249 e. The predicted octanol–water partition coefficient (Wildman–Crippen LogP) is 0.690. The molecule has 0 aliphatic carbocycles. The van der Waals surface area contributed by atoms with Gasteiger partial charge in [0, 0.05) is 19.8 Å². The summed E-state index contributed by atoms with van der Waals surface area (Å²) in [5.41, 5.74) is 0. The highest BCUT2D eigenvalue weighted by Crippen LogP contribution is 2.11. The summed E-state index contributed by atoms with van der Waals surface area (Å²) in [5, 5.41) is 11.7. The van der Waals surface area contributed by atoms with Crippen LogP contribution in [0.1, 0.15) is 32.6 Å². The second kappa shape index (κ2) is 6.80. The second-order valence-corrected chi connectivity index (χ2v) is 4.22. The molecule has 1 fully saturated rings. The molecule has 15 heavy (non-hydrogen) atoms. The zero-order valence-corrected chi connectivity index (χ0v) is 9.37. The Morgan fingerprint density at radius 2 is 2.47 bits per heavy atom. The van der Waals surface area contributed by atoms with Crippen molar-refractivity contribution in [2.24, 2.45) is 5.92 Å². The van der Waals surface area contributed by atoms with Gasteiger partial charge in [-0.2, -0.15) is 0 Å². The van der Waals surface area contributed by atoms with E-state index >= 15 is 0 Å². The summed E-state index contributed by atoms with van der Waals surface area (Å²) in [5.74, 6) is 0.341. The molecule has 0 bridgehead atoms. The Balaban J connectivity index is 2.01. The molecule has 0 saturated carbocycles. The molecule has 0 aromatic heterocycles. The number of aliphatic hydroxyl groups is 1. The van der Waals surface area contributed by atoms with Crippen LogP contribution in [0.5, 0.6) is 0 Å². The molecule has 88 valence electrons. The Hall–Kier alpha value is -0.610. The molecule has 0 aromatic rings. The van der Waals surface area contributed by atoms with Gasteiger partial charge in [0.2, 0.25) is 5.91 Å². The van der Waals surface area contributed by atoms with E-state index in [0.717, 1.165) is 25.7 Å². The fourth-order valence-electron chi connectivity index (χ4n) is 1.65. The summed E-state index contributed by atoms with van der Waals surface area (Å²) in [6, 6.07) is 0. The molecule has 1 aliphatic heterocycles. The van der Waals surface area contributed by atoms with Crippen molar-refractivity contribution in [2.45, 2.75) is 38.7 Å². The molecule has 2 atom stereocenters. The molecule has 1 unspecified atom stereocenters. The summed E-state index contributed by atoms with van der Waals surface area (Å²) in [6.07, 6.45) is 3.47. The van der Waals surface area contributed by atoms with Crippen LogP contribution in [-0.2, 0) is 9.53 Å². The average molecular weight is 215 g/mol. The highest BCUT2D eigenvalue weighted by atomic mass is 16.5. The third-order valence-corrected chi connectivity index (χ3v) is 2.71. The van der Waals surface area contributed by atoms with Crippen LogP contribution in [-0.4, -0.2) is 36.9 Å². The van der Waals surface area contributed by atoms with Gasteiger partial charge in [-0.05, 0) is 31.6 Å². The van der Waals surface area contributed by atoms with Gasteiger partial charge in [0.05, 0.1) is 0 Å². The first-order valence-electron chi connectivity index (χ1n) is 5.74. The lowest BCUT2D eigenvalue weighted by molar-refractivity contribution is -0.130. The molecule has 1 rings (SSSR count). The molecule has 4 nitrogen and oxygen atoms in total. The SMILES string of the molecule is CC(CO)CCCNC(=O)[C@H]1CCCO1. The summed E-state index contributed by atoms with van der Waals surface area (Å²) in [4.78, 5) is 11.5. The predicted molar refractivity (Wildman–Crippen MR) is 57.5 cm³/mol. The zero-order valence-electron chi connectivity index (χ0n) is 9.37. The van der Waals surface area contributed by atoms with E-state index in [9.17, 15) is 4.79 Å². The fourth-order valence-corrected chi connectivity index (χ4v) is 1.65. The molecule has 0 radical (unpaired) electrons. The van der Waals surface area contributed by atoms with Crippen LogP contribution < -0.4 is 5.32 Å². The number of amides is 1. The van der Waals surface area contributed by atoms with Gasteiger partial charge in [-0.15, -0.1) is 0 Å². The van der Waals surface area contributed by atoms with Crippen molar-refractivity contribution < 1.29 is 14.6 Å². The first kappa shape index (κ1) is 12.5. The lowest BCUT2D eigenvalue weighted by Crippen LogP contribution is -2.34. The van der Waals surface area contributed by atoms with Crippen molar-refractivity contribution in [2.75, 3.05) is 19.8 Å². The largest absolute Gasteiger partial charge is 0.396 e. The summed E-state index contributed by atoms with van der Waals surface area (Å²) in [7, 11) is 0. The first-order valence-corrected chi connectivity index (χ1v) is 5.74. The highest BCUT2D eigenvalue weighted by molar-refractivity contribution is 5.80. The second-order valence-electron chi connectivity index (χ2n) is 4.22. The van der Waals surface area contributed by atoms with Gasteiger partial charge in [0.25, 0.3) is 0 Å². The molecule has 1 aliphatic rings. The van der Waals surface area contributed by atoms with Crippen molar-refractivity contribution in [3.05, 3.63) is 0 Å². The maximum atomic E-state index is 11.5. The van der Waals surface area contributed by atoms with Gasteiger partial charge < -0.3 is 15.2 Å². The van der Waals surface area contributed by atoms with Gasteiger partial charge >= 0.3 is 0 Å². The first-order chi connectivity index (χ1) is 7.24. The number of ether oxygens (including phenoxy) is 1. The number of carbonyl (C=O) groups is 1. The zero-order chi connectivity index (χ0) is 11.1. The number of carbonyl (C=O) groups excluding carboxylic acids is 1. The molecule has 0 spiro atoms. The van der Waals surface area contributed by atoms with E-state index in [2.05, 4.69) is 5.32 Å². The Bertz CT molecular complexity index is 190. The minimum atomic E-state index is -0.222. The van der Waals surface area contributed by atoms with Crippen LogP contribution in [0.25, 0.3) is 0 Å². The molecule has 1 saturated heterocycles. The number of hydrogen-bond donors (Lipinski definition) is 2. The van der Waals surface area contributed by atoms with E-state index in [1.807, 2.05) is 6.92 Å². The Kier molecular flexibility index (Phi) is 5.65. The molecular formula is C11H21NO3. The molecule has 1 heterocycles. The van der Waals surface area contributed by atoms with Gasteiger partial charge in [-0.25, -0.2) is 0 Å². The third-order valence-electron chi connectivity index (χ3n) is 2.71.